The molecule has 2 aromatic carbocycles. The number of carbonyl (C=O) groups excluding carboxylic acids is 2. The van der Waals surface area contributed by atoms with Gasteiger partial charge in [0.15, 0.2) is 6.61 Å². The van der Waals surface area contributed by atoms with E-state index in [1.54, 1.807) is 36.4 Å². The van der Waals surface area contributed by atoms with E-state index in [2.05, 4.69) is 10.6 Å². The first-order chi connectivity index (χ1) is 11.0. The highest BCUT2D eigenvalue weighted by Gasteiger charge is 2.07. The first-order valence-corrected chi connectivity index (χ1v) is 7.42. The van der Waals surface area contributed by atoms with Crippen molar-refractivity contribution in [3.05, 3.63) is 59.1 Å². The molecule has 6 heteroatoms. The Bertz CT molecular complexity index is 686. The summed E-state index contributed by atoms with van der Waals surface area (Å²) in [5.41, 5.74) is 1.69. The van der Waals surface area contributed by atoms with Crippen molar-refractivity contribution in [1.82, 2.24) is 5.32 Å². The Morgan fingerprint density at radius 3 is 2.52 bits per heavy atom. The van der Waals surface area contributed by atoms with Gasteiger partial charge in [-0.25, -0.2) is 0 Å². The Kier molecular flexibility index (Phi) is 6.00. The molecule has 0 aliphatic carbocycles. The van der Waals surface area contributed by atoms with Gasteiger partial charge >= 0.3 is 0 Å². The average Bonchev–Trinajstić information content (AvgIpc) is 2.52. The fraction of sp³-hybridized carbons (Fsp3) is 0.176. The Morgan fingerprint density at radius 2 is 1.83 bits per heavy atom. The van der Waals surface area contributed by atoms with Crippen molar-refractivity contribution in [2.24, 2.45) is 0 Å². The van der Waals surface area contributed by atoms with Gasteiger partial charge in [-0.15, -0.1) is 0 Å². The van der Waals surface area contributed by atoms with Crippen LogP contribution in [-0.4, -0.2) is 25.0 Å². The number of nitrogens with one attached hydrogen (secondary N) is 2. The summed E-state index contributed by atoms with van der Waals surface area (Å²) < 4.78 is 5.33. The summed E-state index contributed by atoms with van der Waals surface area (Å²) in [6.07, 6.45) is 0. The Balaban J connectivity index is 1.71. The molecule has 0 aliphatic heterocycles. The molecule has 0 spiro atoms. The zero-order chi connectivity index (χ0) is 16.7. The summed E-state index contributed by atoms with van der Waals surface area (Å²) in [5.74, 6) is -0.100. The number of ether oxygens (including phenoxy) is 1. The number of halogens is 1. The van der Waals surface area contributed by atoms with Crippen molar-refractivity contribution in [2.45, 2.75) is 6.92 Å². The molecule has 120 valence electrons. The van der Waals surface area contributed by atoms with Crippen LogP contribution < -0.4 is 15.4 Å². The molecule has 2 rings (SSSR count). The van der Waals surface area contributed by atoms with Crippen LogP contribution in [0, 0.1) is 6.92 Å². The summed E-state index contributed by atoms with van der Waals surface area (Å²) in [5, 5.41) is 5.66. The van der Waals surface area contributed by atoms with E-state index in [-0.39, 0.29) is 25.0 Å². The fourth-order valence-electron chi connectivity index (χ4n) is 1.78. The average molecular weight is 333 g/mol. The Morgan fingerprint density at radius 1 is 1.09 bits per heavy atom. The molecule has 0 saturated heterocycles. The number of amides is 2. The van der Waals surface area contributed by atoms with Gasteiger partial charge in [-0.1, -0.05) is 35.4 Å². The molecule has 0 aliphatic rings. The summed E-state index contributed by atoms with van der Waals surface area (Å²) in [6, 6.07) is 14.1. The zero-order valence-corrected chi connectivity index (χ0v) is 13.4. The molecular weight excluding hydrogens is 316 g/mol. The van der Waals surface area contributed by atoms with E-state index in [9.17, 15) is 9.59 Å². The maximum absolute atomic E-state index is 11.7. The third-order valence-corrected chi connectivity index (χ3v) is 3.18. The van der Waals surface area contributed by atoms with Gasteiger partial charge in [0.2, 0.25) is 5.91 Å². The molecular formula is C17H17ClN2O3. The highest BCUT2D eigenvalue weighted by molar-refractivity contribution is 6.30. The van der Waals surface area contributed by atoms with Crippen molar-refractivity contribution in [1.29, 1.82) is 0 Å². The van der Waals surface area contributed by atoms with E-state index in [0.717, 1.165) is 5.56 Å². The van der Waals surface area contributed by atoms with Crippen LogP contribution in [0.25, 0.3) is 0 Å². The van der Waals surface area contributed by atoms with Crippen LogP contribution in [0.4, 0.5) is 5.69 Å². The van der Waals surface area contributed by atoms with E-state index in [4.69, 9.17) is 16.3 Å². The summed E-state index contributed by atoms with van der Waals surface area (Å²) in [7, 11) is 0. The first-order valence-electron chi connectivity index (χ1n) is 7.04. The molecule has 0 aromatic heterocycles. The number of benzene rings is 2. The van der Waals surface area contributed by atoms with E-state index in [0.29, 0.717) is 16.5 Å². The molecule has 2 aromatic rings. The van der Waals surface area contributed by atoms with Crippen molar-refractivity contribution in [2.75, 3.05) is 18.5 Å². The van der Waals surface area contributed by atoms with Crippen molar-refractivity contribution in [3.63, 3.8) is 0 Å². The molecule has 0 saturated carbocycles. The third kappa shape index (κ3) is 6.00. The molecule has 0 bridgehead atoms. The van der Waals surface area contributed by atoms with E-state index in [1.165, 1.54) is 0 Å². The van der Waals surface area contributed by atoms with Crippen LogP contribution in [0.15, 0.2) is 48.5 Å². The molecule has 5 nitrogen and oxygen atoms in total. The molecule has 2 N–H and O–H groups in total. The van der Waals surface area contributed by atoms with Gasteiger partial charge in [0.1, 0.15) is 5.75 Å². The number of hydrogen-bond acceptors (Lipinski definition) is 3. The zero-order valence-electron chi connectivity index (χ0n) is 12.6. The number of carbonyl (C=O) groups is 2. The van der Waals surface area contributed by atoms with Gasteiger partial charge in [0.25, 0.3) is 5.91 Å². The lowest BCUT2D eigenvalue weighted by Gasteiger charge is -2.08. The minimum atomic E-state index is -0.369. The summed E-state index contributed by atoms with van der Waals surface area (Å²) in [6.45, 7) is 1.69. The lowest BCUT2D eigenvalue weighted by Crippen LogP contribution is -2.35. The number of rotatable bonds is 6. The Labute approximate surface area is 139 Å². The predicted molar refractivity (Wildman–Crippen MR) is 89.8 cm³/mol. The molecule has 0 unspecified atom stereocenters. The second kappa shape index (κ2) is 8.19. The van der Waals surface area contributed by atoms with Gasteiger partial charge in [-0.3, -0.25) is 9.59 Å². The largest absolute Gasteiger partial charge is 0.484 e. The minimum absolute atomic E-state index is 0.136. The van der Waals surface area contributed by atoms with Gasteiger partial charge in [0.05, 0.1) is 6.54 Å². The van der Waals surface area contributed by atoms with Crippen LogP contribution in [0.3, 0.4) is 0 Å². The van der Waals surface area contributed by atoms with Gasteiger partial charge in [-0.05, 0) is 37.3 Å². The first kappa shape index (κ1) is 16.8. The smallest absolute Gasteiger partial charge is 0.258 e. The maximum atomic E-state index is 11.7. The number of anilines is 1. The van der Waals surface area contributed by atoms with Gasteiger partial charge in [0, 0.05) is 10.7 Å². The lowest BCUT2D eigenvalue weighted by atomic mass is 10.2. The molecule has 0 radical (unpaired) electrons. The van der Waals surface area contributed by atoms with Crippen molar-refractivity contribution < 1.29 is 14.3 Å². The van der Waals surface area contributed by atoms with Crippen molar-refractivity contribution in [3.8, 4) is 5.75 Å². The summed E-state index contributed by atoms with van der Waals surface area (Å²) in [4.78, 5) is 23.4. The SMILES string of the molecule is Cc1ccc(OCC(=O)NCC(=O)Nc2cccc(Cl)c2)cc1. The minimum Gasteiger partial charge on any atom is -0.484 e. The highest BCUT2D eigenvalue weighted by atomic mass is 35.5. The fourth-order valence-corrected chi connectivity index (χ4v) is 1.97. The van der Waals surface area contributed by atoms with Crippen LogP contribution >= 0.6 is 11.6 Å². The van der Waals surface area contributed by atoms with Crippen LogP contribution in [0.2, 0.25) is 5.02 Å². The van der Waals surface area contributed by atoms with Gasteiger partial charge < -0.3 is 15.4 Å². The number of hydrogen-bond donors (Lipinski definition) is 2. The second-order valence-electron chi connectivity index (χ2n) is 4.94. The maximum Gasteiger partial charge on any atom is 0.258 e. The predicted octanol–water partition coefficient (Wildman–Crippen LogP) is 2.78. The molecule has 0 fully saturated rings. The van der Waals surface area contributed by atoms with Crippen LogP contribution in [0.5, 0.6) is 5.75 Å². The van der Waals surface area contributed by atoms with Gasteiger partial charge in [-0.2, -0.15) is 0 Å². The van der Waals surface area contributed by atoms with E-state index >= 15 is 0 Å². The molecule has 0 heterocycles. The summed E-state index contributed by atoms with van der Waals surface area (Å²) >= 11 is 5.83. The quantitative estimate of drug-likeness (QED) is 0.854. The molecule has 23 heavy (non-hydrogen) atoms. The Hall–Kier alpha value is -2.53. The van der Waals surface area contributed by atoms with E-state index in [1.807, 2.05) is 19.1 Å². The van der Waals surface area contributed by atoms with E-state index < -0.39 is 0 Å². The second-order valence-corrected chi connectivity index (χ2v) is 5.37. The standard InChI is InChI=1S/C17H17ClN2O3/c1-12-5-7-15(8-6-12)23-11-17(22)19-10-16(21)20-14-4-2-3-13(18)9-14/h2-9H,10-11H2,1H3,(H,19,22)(H,20,21). The normalized spacial score (nSPS) is 10.0. The molecule has 0 atom stereocenters. The van der Waals surface area contributed by atoms with Crippen LogP contribution in [0.1, 0.15) is 5.56 Å². The lowest BCUT2D eigenvalue weighted by molar-refractivity contribution is -0.125. The topological polar surface area (TPSA) is 67.4 Å². The monoisotopic (exact) mass is 332 g/mol. The highest BCUT2D eigenvalue weighted by Crippen LogP contribution is 2.14. The van der Waals surface area contributed by atoms with Crippen molar-refractivity contribution >= 4 is 29.1 Å². The molecule has 2 amide bonds. The number of aryl methyl sites for hydroxylation is 1. The van der Waals surface area contributed by atoms with Crippen LogP contribution in [-0.2, 0) is 9.59 Å². The third-order valence-electron chi connectivity index (χ3n) is 2.95.